The molecule has 1 aromatic heterocycles. The van der Waals surface area contributed by atoms with Crippen LogP contribution in [-0.2, 0) is 11.8 Å². The lowest BCUT2D eigenvalue weighted by atomic mass is 9.98. The van der Waals surface area contributed by atoms with Gasteiger partial charge in [-0.25, -0.2) is 0 Å². The second-order valence-electron chi connectivity index (χ2n) is 9.10. The average Bonchev–Trinajstić information content (AvgIpc) is 3.09. The van der Waals surface area contributed by atoms with E-state index in [1.807, 2.05) is 49.7 Å². The molecule has 168 valence electrons. The van der Waals surface area contributed by atoms with Crippen molar-refractivity contribution in [3.8, 4) is 0 Å². The van der Waals surface area contributed by atoms with Crippen molar-refractivity contribution in [2.45, 2.75) is 25.9 Å². The van der Waals surface area contributed by atoms with E-state index in [0.29, 0.717) is 12.1 Å². The predicted molar refractivity (Wildman–Crippen MR) is 135 cm³/mol. The number of carbonyl (C=O) groups is 1. The number of carbonyl (C=O) groups excluding carboxylic acids is 1. The lowest BCUT2D eigenvalue weighted by molar-refractivity contribution is -0.122. The number of fused-ring (bicyclic) bond motifs is 2. The average molecular weight is 439 g/mol. The molecule has 2 atom stereocenters. The molecule has 1 fully saturated rings. The zero-order valence-electron chi connectivity index (χ0n) is 19.4. The summed E-state index contributed by atoms with van der Waals surface area (Å²) in [7, 11) is 2.04. The normalized spacial score (nSPS) is 28.2. The van der Waals surface area contributed by atoms with Crippen LogP contribution in [0.15, 0.2) is 95.7 Å². The zero-order valence-corrected chi connectivity index (χ0v) is 19.4. The van der Waals surface area contributed by atoms with Gasteiger partial charge in [0.15, 0.2) is 0 Å². The molecule has 1 saturated heterocycles. The Morgan fingerprint density at radius 3 is 2.39 bits per heavy atom. The SMILES string of the molecule is C[C@@H]1CN(C2=CN3C(=O)/C=C(C4=Cc5ccn(C)c5/C=C/C=C4)\C=C\C=C3C=C2)C[C@H](C)N1. The molecule has 0 aromatic carbocycles. The van der Waals surface area contributed by atoms with E-state index in [-0.39, 0.29) is 5.91 Å². The minimum Gasteiger partial charge on any atom is -0.367 e. The van der Waals surface area contributed by atoms with Gasteiger partial charge in [-0.15, -0.1) is 0 Å². The molecule has 4 heterocycles. The van der Waals surface area contributed by atoms with Gasteiger partial charge in [0.05, 0.1) is 5.70 Å². The van der Waals surface area contributed by atoms with Crippen LogP contribution in [0, 0.1) is 0 Å². The lowest BCUT2D eigenvalue weighted by Crippen LogP contribution is -2.53. The molecule has 0 spiro atoms. The van der Waals surface area contributed by atoms with Crippen LogP contribution in [0.2, 0.25) is 0 Å². The number of hydrogen-bond acceptors (Lipinski definition) is 3. The first-order valence-corrected chi connectivity index (χ1v) is 11.5. The van der Waals surface area contributed by atoms with Crippen LogP contribution in [0.1, 0.15) is 25.1 Å². The topological polar surface area (TPSA) is 40.5 Å². The van der Waals surface area contributed by atoms with Gasteiger partial charge in [-0.1, -0.05) is 30.4 Å². The molecule has 1 amide bonds. The Kier molecular flexibility index (Phi) is 5.65. The van der Waals surface area contributed by atoms with Crippen molar-refractivity contribution in [3.05, 3.63) is 107 Å². The van der Waals surface area contributed by atoms with Crippen LogP contribution in [0.25, 0.3) is 12.2 Å². The number of nitrogens with one attached hydrogen (secondary N) is 1. The van der Waals surface area contributed by atoms with E-state index < -0.39 is 0 Å². The van der Waals surface area contributed by atoms with Crippen molar-refractivity contribution < 1.29 is 4.79 Å². The third-order valence-corrected chi connectivity index (χ3v) is 6.39. The number of aryl methyl sites for hydroxylation is 1. The highest BCUT2D eigenvalue weighted by atomic mass is 16.2. The fourth-order valence-electron chi connectivity index (χ4n) is 4.83. The number of allylic oxidation sites excluding steroid dienone is 10. The molecule has 5 heteroatoms. The van der Waals surface area contributed by atoms with Crippen molar-refractivity contribution in [2.75, 3.05) is 13.1 Å². The summed E-state index contributed by atoms with van der Waals surface area (Å²) >= 11 is 0. The Labute approximate surface area is 195 Å². The molecule has 4 aliphatic rings. The molecular weight excluding hydrogens is 408 g/mol. The van der Waals surface area contributed by atoms with E-state index >= 15 is 0 Å². The number of rotatable bonds is 2. The number of hydrogen-bond donors (Lipinski definition) is 1. The molecule has 3 aliphatic heterocycles. The molecule has 0 unspecified atom stereocenters. The number of piperazine rings is 1. The molecule has 0 radical (unpaired) electrons. The quantitative estimate of drug-likeness (QED) is 0.749. The Morgan fingerprint density at radius 1 is 0.879 bits per heavy atom. The van der Waals surface area contributed by atoms with Crippen LogP contribution in [-0.4, -0.2) is 45.4 Å². The van der Waals surface area contributed by atoms with Crippen LogP contribution in [0.3, 0.4) is 0 Å². The Bertz CT molecular complexity index is 1200. The minimum atomic E-state index is -0.0427. The first kappa shape index (κ1) is 21.3. The number of aromatic nitrogens is 1. The maximum absolute atomic E-state index is 13.4. The summed E-state index contributed by atoms with van der Waals surface area (Å²) in [5.41, 5.74) is 6.14. The smallest absolute Gasteiger partial charge is 0.255 e. The van der Waals surface area contributed by atoms with Gasteiger partial charge in [0.2, 0.25) is 0 Å². The van der Waals surface area contributed by atoms with E-state index in [2.05, 4.69) is 65.2 Å². The van der Waals surface area contributed by atoms with Gasteiger partial charge in [-0.05, 0) is 61.4 Å². The standard InChI is InChI=1S/C28H30N4O/c1-20-17-31(18-21(2)29-20)26-12-11-25-9-6-8-23(16-28(33)32(25)19-26)22-7-4-5-10-27-24(15-22)13-14-30(27)3/h4-16,19-21,29H,17-18H2,1-3H3/b5-4?,7-4?,8-6+,10-5+,22-7?,22-15?,23-16+,24-15?,25-9?,27-10?/t20-,21+. The van der Waals surface area contributed by atoms with Gasteiger partial charge in [-0.3, -0.25) is 9.69 Å². The van der Waals surface area contributed by atoms with Crippen molar-refractivity contribution in [2.24, 2.45) is 7.05 Å². The van der Waals surface area contributed by atoms with Crippen molar-refractivity contribution in [1.82, 2.24) is 19.7 Å². The van der Waals surface area contributed by atoms with Gasteiger partial charge in [0, 0.05) is 67.6 Å². The maximum Gasteiger partial charge on any atom is 0.255 e. The first-order valence-electron chi connectivity index (χ1n) is 11.5. The van der Waals surface area contributed by atoms with E-state index in [9.17, 15) is 4.79 Å². The summed E-state index contributed by atoms with van der Waals surface area (Å²) in [6.07, 6.45) is 26.3. The summed E-state index contributed by atoms with van der Waals surface area (Å²) in [4.78, 5) is 17.5. The van der Waals surface area contributed by atoms with Crippen LogP contribution < -0.4 is 5.32 Å². The molecule has 33 heavy (non-hydrogen) atoms. The summed E-state index contributed by atoms with van der Waals surface area (Å²) in [5, 5.41) is 3.57. The van der Waals surface area contributed by atoms with Crippen molar-refractivity contribution in [1.29, 1.82) is 0 Å². The number of amides is 1. The summed E-state index contributed by atoms with van der Waals surface area (Å²) in [6, 6.07) is 2.92. The highest BCUT2D eigenvalue weighted by Crippen LogP contribution is 2.27. The monoisotopic (exact) mass is 438 g/mol. The highest BCUT2D eigenvalue weighted by molar-refractivity contribution is 5.93. The van der Waals surface area contributed by atoms with E-state index in [1.165, 1.54) is 0 Å². The van der Waals surface area contributed by atoms with E-state index in [0.717, 1.165) is 46.9 Å². The van der Waals surface area contributed by atoms with Gasteiger partial charge >= 0.3 is 0 Å². The van der Waals surface area contributed by atoms with Gasteiger partial charge in [0.1, 0.15) is 0 Å². The summed E-state index contributed by atoms with van der Waals surface area (Å²) < 4.78 is 2.10. The summed E-state index contributed by atoms with van der Waals surface area (Å²) in [6.45, 7) is 6.25. The van der Waals surface area contributed by atoms with E-state index in [4.69, 9.17) is 0 Å². The minimum absolute atomic E-state index is 0.0427. The molecule has 0 saturated carbocycles. The van der Waals surface area contributed by atoms with Gasteiger partial charge < -0.3 is 14.8 Å². The molecule has 1 aromatic rings. The lowest BCUT2D eigenvalue weighted by Gasteiger charge is -2.39. The van der Waals surface area contributed by atoms with Crippen molar-refractivity contribution >= 4 is 18.1 Å². The fourth-order valence-corrected chi connectivity index (χ4v) is 4.83. The fraction of sp³-hybridized carbons (Fsp3) is 0.250. The van der Waals surface area contributed by atoms with Gasteiger partial charge in [0.25, 0.3) is 5.91 Å². The van der Waals surface area contributed by atoms with E-state index in [1.54, 1.807) is 11.0 Å². The molecule has 5 nitrogen and oxygen atoms in total. The molecule has 5 rings (SSSR count). The second-order valence-corrected chi connectivity index (χ2v) is 9.10. The Balaban J connectivity index is 1.47. The first-order chi connectivity index (χ1) is 16.0. The summed E-state index contributed by atoms with van der Waals surface area (Å²) in [5.74, 6) is -0.0427. The third kappa shape index (κ3) is 4.37. The molecule has 1 aliphatic carbocycles. The van der Waals surface area contributed by atoms with Crippen LogP contribution >= 0.6 is 0 Å². The zero-order chi connectivity index (χ0) is 22.9. The molecule has 1 N–H and O–H groups in total. The van der Waals surface area contributed by atoms with Gasteiger partial charge in [-0.2, -0.15) is 0 Å². The number of nitrogens with zero attached hydrogens (tertiary/aromatic N) is 3. The second kappa shape index (κ2) is 8.75. The van der Waals surface area contributed by atoms with Crippen molar-refractivity contribution in [3.63, 3.8) is 0 Å². The third-order valence-electron chi connectivity index (χ3n) is 6.39. The van der Waals surface area contributed by atoms with Crippen LogP contribution in [0.5, 0.6) is 0 Å². The predicted octanol–water partition coefficient (Wildman–Crippen LogP) is 4.29. The maximum atomic E-state index is 13.4. The Morgan fingerprint density at radius 2 is 1.58 bits per heavy atom. The Hall–Kier alpha value is -3.57. The molecule has 0 bridgehead atoms. The molecular formula is C28H30N4O. The highest BCUT2D eigenvalue weighted by Gasteiger charge is 2.25. The largest absolute Gasteiger partial charge is 0.367 e. The van der Waals surface area contributed by atoms with Crippen LogP contribution in [0.4, 0.5) is 0 Å².